The summed E-state index contributed by atoms with van der Waals surface area (Å²) in [4.78, 5) is 24.9. The lowest BCUT2D eigenvalue weighted by Gasteiger charge is -2.09. The van der Waals surface area contributed by atoms with Gasteiger partial charge in [-0.3, -0.25) is 9.38 Å². The second-order valence-corrected chi connectivity index (χ2v) is 6.43. The van der Waals surface area contributed by atoms with E-state index in [9.17, 15) is 4.79 Å². The molecule has 1 aromatic carbocycles. The van der Waals surface area contributed by atoms with Crippen molar-refractivity contribution in [2.75, 3.05) is 24.2 Å². The van der Waals surface area contributed by atoms with Crippen LogP contribution >= 0.6 is 0 Å². The fraction of sp³-hybridized carbons (Fsp3) is 0.143. The molecule has 0 spiro atoms. The van der Waals surface area contributed by atoms with E-state index in [1.54, 1.807) is 18.6 Å². The van der Waals surface area contributed by atoms with E-state index in [0.717, 1.165) is 40.4 Å². The Morgan fingerprint density at radius 2 is 1.93 bits per heavy atom. The van der Waals surface area contributed by atoms with Gasteiger partial charge in [0.2, 0.25) is 0 Å². The van der Waals surface area contributed by atoms with Gasteiger partial charge in [-0.1, -0.05) is 18.2 Å². The van der Waals surface area contributed by atoms with Crippen LogP contribution in [-0.4, -0.2) is 39.0 Å². The minimum absolute atomic E-state index is 0.235. The van der Waals surface area contributed by atoms with Crippen molar-refractivity contribution in [2.45, 2.75) is 6.42 Å². The Labute approximate surface area is 168 Å². The number of carbonyl (C=O) groups excluding carboxylic acids is 1. The van der Waals surface area contributed by atoms with E-state index in [2.05, 4.69) is 30.9 Å². The standard InChI is InChI=1S/C21H21N7O/c1-22-19-20-26-14-18(28(20)12-11-24-19)16-4-6-17(7-5-16)27-21(29)25-10-8-15-3-2-9-23-13-15/h2-7,9,11-14H,8,10H2,1H3,(H,22,24)(H2,25,27,29). The zero-order valence-electron chi connectivity index (χ0n) is 16.0. The number of imidazole rings is 1. The minimum Gasteiger partial charge on any atom is -0.370 e. The van der Waals surface area contributed by atoms with Crippen molar-refractivity contribution in [1.29, 1.82) is 0 Å². The lowest BCUT2D eigenvalue weighted by Crippen LogP contribution is -2.30. The van der Waals surface area contributed by atoms with Crippen molar-refractivity contribution in [3.8, 4) is 11.3 Å². The number of nitrogens with zero attached hydrogens (tertiary/aromatic N) is 4. The summed E-state index contributed by atoms with van der Waals surface area (Å²) in [5.74, 6) is 0.722. The van der Waals surface area contributed by atoms with Gasteiger partial charge in [0.25, 0.3) is 0 Å². The van der Waals surface area contributed by atoms with Crippen LogP contribution in [0.4, 0.5) is 16.3 Å². The maximum Gasteiger partial charge on any atom is 0.319 e. The van der Waals surface area contributed by atoms with E-state index in [1.807, 2.05) is 60.2 Å². The van der Waals surface area contributed by atoms with Crippen LogP contribution in [0.25, 0.3) is 16.9 Å². The average molecular weight is 387 g/mol. The fourth-order valence-corrected chi connectivity index (χ4v) is 3.08. The molecular formula is C21H21N7O. The molecule has 3 N–H and O–H groups in total. The normalized spacial score (nSPS) is 10.7. The zero-order chi connectivity index (χ0) is 20.1. The molecule has 0 saturated carbocycles. The van der Waals surface area contributed by atoms with Crippen LogP contribution < -0.4 is 16.0 Å². The fourth-order valence-electron chi connectivity index (χ4n) is 3.08. The highest BCUT2D eigenvalue weighted by Gasteiger charge is 2.10. The number of amides is 2. The summed E-state index contributed by atoms with van der Waals surface area (Å²) in [6.07, 6.45) is 9.68. The lowest BCUT2D eigenvalue weighted by atomic mass is 10.1. The van der Waals surface area contributed by atoms with Gasteiger partial charge in [0.1, 0.15) is 0 Å². The second kappa shape index (κ2) is 8.39. The number of hydrogen-bond acceptors (Lipinski definition) is 5. The molecule has 8 heteroatoms. The highest BCUT2D eigenvalue weighted by Crippen LogP contribution is 2.24. The number of benzene rings is 1. The first-order valence-corrected chi connectivity index (χ1v) is 9.28. The van der Waals surface area contributed by atoms with Gasteiger partial charge in [0.15, 0.2) is 11.5 Å². The molecule has 8 nitrogen and oxygen atoms in total. The van der Waals surface area contributed by atoms with Crippen LogP contribution in [0.15, 0.2) is 67.4 Å². The molecule has 3 aromatic heterocycles. The van der Waals surface area contributed by atoms with Gasteiger partial charge in [-0.25, -0.2) is 14.8 Å². The van der Waals surface area contributed by atoms with Gasteiger partial charge in [-0.2, -0.15) is 0 Å². The largest absolute Gasteiger partial charge is 0.370 e. The Balaban J connectivity index is 1.39. The van der Waals surface area contributed by atoms with E-state index in [1.165, 1.54) is 0 Å². The third-order valence-electron chi connectivity index (χ3n) is 4.53. The van der Waals surface area contributed by atoms with Crippen molar-refractivity contribution >= 4 is 23.2 Å². The summed E-state index contributed by atoms with van der Waals surface area (Å²) in [5.41, 5.74) is 4.51. The van der Waals surface area contributed by atoms with E-state index in [0.29, 0.717) is 6.54 Å². The summed E-state index contributed by atoms with van der Waals surface area (Å²) >= 11 is 0. The van der Waals surface area contributed by atoms with Gasteiger partial charge in [-0.15, -0.1) is 0 Å². The molecule has 0 radical (unpaired) electrons. The molecule has 0 aliphatic heterocycles. The minimum atomic E-state index is -0.235. The second-order valence-electron chi connectivity index (χ2n) is 6.43. The van der Waals surface area contributed by atoms with Crippen LogP contribution in [0.5, 0.6) is 0 Å². The quantitative estimate of drug-likeness (QED) is 0.472. The molecule has 0 bridgehead atoms. The Morgan fingerprint density at radius 1 is 1.07 bits per heavy atom. The molecule has 0 aliphatic carbocycles. The van der Waals surface area contributed by atoms with E-state index < -0.39 is 0 Å². The van der Waals surface area contributed by atoms with E-state index in [-0.39, 0.29) is 6.03 Å². The number of hydrogen-bond donors (Lipinski definition) is 3. The Bertz CT molecular complexity index is 1110. The number of anilines is 2. The van der Waals surface area contributed by atoms with Crippen molar-refractivity contribution in [1.82, 2.24) is 24.7 Å². The van der Waals surface area contributed by atoms with Gasteiger partial charge >= 0.3 is 6.03 Å². The lowest BCUT2D eigenvalue weighted by molar-refractivity contribution is 0.252. The van der Waals surface area contributed by atoms with Crippen LogP contribution in [0.1, 0.15) is 5.56 Å². The maximum absolute atomic E-state index is 12.1. The molecule has 0 unspecified atom stereocenters. The number of rotatable bonds is 6. The summed E-state index contributed by atoms with van der Waals surface area (Å²) in [5, 5.41) is 8.74. The first kappa shape index (κ1) is 18.4. The molecule has 0 saturated heterocycles. The summed E-state index contributed by atoms with van der Waals surface area (Å²) in [6.45, 7) is 0.541. The zero-order valence-corrected chi connectivity index (χ0v) is 16.0. The molecule has 29 heavy (non-hydrogen) atoms. The van der Waals surface area contributed by atoms with Crippen molar-refractivity contribution in [2.24, 2.45) is 0 Å². The Kier molecular flexibility index (Phi) is 5.33. The van der Waals surface area contributed by atoms with Crippen LogP contribution in [0.3, 0.4) is 0 Å². The molecule has 0 atom stereocenters. The third kappa shape index (κ3) is 4.16. The maximum atomic E-state index is 12.1. The number of pyridine rings is 1. The van der Waals surface area contributed by atoms with Gasteiger partial charge in [0.05, 0.1) is 11.9 Å². The van der Waals surface area contributed by atoms with Gasteiger partial charge in [0, 0.05) is 49.6 Å². The van der Waals surface area contributed by atoms with E-state index in [4.69, 9.17) is 0 Å². The summed E-state index contributed by atoms with van der Waals surface area (Å²) in [7, 11) is 1.82. The van der Waals surface area contributed by atoms with Crippen LogP contribution in [-0.2, 0) is 6.42 Å². The van der Waals surface area contributed by atoms with Crippen molar-refractivity contribution < 1.29 is 4.79 Å². The Morgan fingerprint density at radius 3 is 2.69 bits per heavy atom. The molecule has 3 heterocycles. The number of fused-ring (bicyclic) bond motifs is 1. The van der Waals surface area contributed by atoms with Crippen LogP contribution in [0.2, 0.25) is 0 Å². The SMILES string of the molecule is CNc1nccn2c(-c3ccc(NC(=O)NCCc4cccnc4)cc3)cnc12. The first-order chi connectivity index (χ1) is 14.2. The number of urea groups is 1. The molecule has 2 amide bonds. The van der Waals surface area contributed by atoms with Crippen molar-refractivity contribution in [3.63, 3.8) is 0 Å². The molecule has 4 aromatic rings. The first-order valence-electron chi connectivity index (χ1n) is 9.28. The molecular weight excluding hydrogens is 366 g/mol. The summed E-state index contributed by atoms with van der Waals surface area (Å²) < 4.78 is 1.98. The van der Waals surface area contributed by atoms with E-state index >= 15 is 0 Å². The smallest absolute Gasteiger partial charge is 0.319 e. The Hall–Kier alpha value is -3.94. The van der Waals surface area contributed by atoms with Crippen LogP contribution in [0, 0.1) is 0 Å². The summed E-state index contributed by atoms with van der Waals surface area (Å²) in [6, 6.07) is 11.3. The number of carbonyl (C=O) groups is 1. The highest BCUT2D eigenvalue weighted by molar-refractivity contribution is 5.89. The predicted octanol–water partition coefficient (Wildman–Crippen LogP) is 3.20. The molecule has 146 valence electrons. The van der Waals surface area contributed by atoms with Crippen molar-refractivity contribution in [3.05, 3.63) is 72.9 Å². The topological polar surface area (TPSA) is 96.2 Å². The highest BCUT2D eigenvalue weighted by atomic mass is 16.2. The molecule has 0 fully saturated rings. The van der Waals surface area contributed by atoms with Gasteiger partial charge in [-0.05, 0) is 30.2 Å². The third-order valence-corrected chi connectivity index (χ3v) is 4.53. The monoisotopic (exact) mass is 387 g/mol. The predicted molar refractivity (Wildman–Crippen MR) is 113 cm³/mol. The average Bonchev–Trinajstić information content (AvgIpc) is 3.19. The number of nitrogens with one attached hydrogen (secondary N) is 3. The van der Waals surface area contributed by atoms with Gasteiger partial charge < -0.3 is 16.0 Å². The molecule has 0 aliphatic rings. The number of aromatic nitrogens is 4. The molecule has 4 rings (SSSR count).